The number of aliphatic hydroxyl groups is 1. The molecule has 5 rings (SSSR count). The zero-order valence-electron chi connectivity index (χ0n) is 28.4. The first-order valence-corrected chi connectivity index (χ1v) is 16.7. The molecule has 0 radical (unpaired) electrons. The highest BCUT2D eigenvalue weighted by molar-refractivity contribution is 5.77. The third-order valence-electron chi connectivity index (χ3n) is 8.26. The smallest absolute Gasteiger partial charge is 0.220 e. The van der Waals surface area contributed by atoms with Gasteiger partial charge in [-0.15, -0.1) is 0 Å². The third-order valence-corrected chi connectivity index (χ3v) is 8.26. The van der Waals surface area contributed by atoms with Gasteiger partial charge < -0.3 is 20.9 Å². The molecular weight excluding hydrogens is 588 g/mol. The van der Waals surface area contributed by atoms with Crippen molar-refractivity contribution in [2.75, 3.05) is 39.5 Å². The van der Waals surface area contributed by atoms with Gasteiger partial charge in [0.2, 0.25) is 12.3 Å². The molecule has 1 aliphatic carbocycles. The number of aryl methyl sites for hydroxylation is 2. The van der Waals surface area contributed by atoms with Crippen LogP contribution >= 0.6 is 0 Å². The number of benzene rings is 3. The average Bonchev–Trinajstić information content (AvgIpc) is 3.54. The predicted octanol–water partition coefficient (Wildman–Crippen LogP) is 5.08. The lowest BCUT2D eigenvalue weighted by Gasteiger charge is -2.35. The first-order chi connectivity index (χ1) is 22.6. The summed E-state index contributed by atoms with van der Waals surface area (Å²) in [6.45, 7) is 14.1. The van der Waals surface area contributed by atoms with E-state index < -0.39 is 6.10 Å². The summed E-state index contributed by atoms with van der Waals surface area (Å²) in [6.07, 6.45) is 6.83. The molecule has 254 valence electrons. The highest BCUT2D eigenvalue weighted by atomic mass is 16.5. The molecule has 1 heterocycles. The highest BCUT2D eigenvalue weighted by Gasteiger charge is 2.24. The molecule has 3 aromatic carbocycles. The number of aliphatic hydroxyl groups excluding tert-OH is 1. The van der Waals surface area contributed by atoms with Crippen molar-refractivity contribution in [1.29, 1.82) is 0 Å². The van der Waals surface area contributed by atoms with Crippen LogP contribution in [0.15, 0.2) is 85.4 Å². The van der Waals surface area contributed by atoms with Crippen molar-refractivity contribution in [3.05, 3.63) is 108 Å². The molecule has 4 N–H and O–H groups in total. The Bertz CT molecular complexity index is 1340. The summed E-state index contributed by atoms with van der Waals surface area (Å²) in [4.78, 5) is 26.1. The summed E-state index contributed by atoms with van der Waals surface area (Å²) in [5, 5.41) is 13.2. The van der Waals surface area contributed by atoms with E-state index in [0.717, 1.165) is 43.1 Å². The molecule has 1 aliphatic heterocycles. The second-order valence-electron chi connectivity index (χ2n) is 13.2. The van der Waals surface area contributed by atoms with Crippen LogP contribution in [0, 0.1) is 5.92 Å². The molecule has 2 amide bonds. The first kappa shape index (κ1) is 37.5. The average molecular weight is 643 g/mol. The number of piperazine rings is 1. The largest absolute Gasteiger partial charge is 0.478 e. The molecule has 8 nitrogen and oxygen atoms in total. The highest BCUT2D eigenvalue weighted by Crippen LogP contribution is 2.21. The molecule has 47 heavy (non-hydrogen) atoms. The van der Waals surface area contributed by atoms with Crippen molar-refractivity contribution in [1.82, 2.24) is 15.1 Å². The van der Waals surface area contributed by atoms with E-state index in [9.17, 15) is 14.7 Å². The quantitative estimate of drug-likeness (QED) is 0.238. The van der Waals surface area contributed by atoms with Gasteiger partial charge in [0.15, 0.2) is 0 Å². The Hall–Kier alpha value is -3.98. The topological polar surface area (TPSA) is 108 Å². The van der Waals surface area contributed by atoms with E-state index in [2.05, 4.69) is 46.0 Å². The maximum Gasteiger partial charge on any atom is 0.220 e. The number of fused-ring (bicyclic) bond motifs is 1. The van der Waals surface area contributed by atoms with E-state index in [1.54, 1.807) is 17.2 Å². The summed E-state index contributed by atoms with van der Waals surface area (Å²) in [6, 6.07) is 26.4. The zero-order chi connectivity index (χ0) is 34.1. The number of carbonyl (C=O) groups excluding carboxylic acids is 2. The number of ether oxygens (including phenoxy) is 1. The van der Waals surface area contributed by atoms with E-state index in [1.807, 2.05) is 75.4 Å². The molecule has 2 atom stereocenters. The molecule has 8 heteroatoms. The lowest BCUT2D eigenvalue weighted by atomic mass is 9.93. The maximum absolute atomic E-state index is 11.9. The summed E-state index contributed by atoms with van der Waals surface area (Å²) in [7, 11) is 0. The van der Waals surface area contributed by atoms with E-state index in [-0.39, 0.29) is 17.4 Å². The second kappa shape index (κ2) is 19.6. The van der Waals surface area contributed by atoms with E-state index in [4.69, 9.17) is 10.5 Å². The number of nitrogens with one attached hydrogen (secondary N) is 1. The minimum Gasteiger partial charge on any atom is -0.478 e. The first-order valence-electron chi connectivity index (χ1n) is 16.7. The van der Waals surface area contributed by atoms with Gasteiger partial charge in [-0.25, -0.2) is 0 Å². The fourth-order valence-corrected chi connectivity index (χ4v) is 5.63. The Morgan fingerprint density at radius 1 is 0.936 bits per heavy atom. The lowest BCUT2D eigenvalue weighted by Crippen LogP contribution is -2.49. The van der Waals surface area contributed by atoms with Crippen LogP contribution < -0.4 is 15.8 Å². The molecule has 1 fully saturated rings. The van der Waals surface area contributed by atoms with Crippen molar-refractivity contribution < 1.29 is 19.4 Å². The number of nitrogens with zero attached hydrogens (tertiary/aromatic N) is 2. The fraction of sp³-hybridized carbons (Fsp3) is 0.436. The van der Waals surface area contributed by atoms with Crippen molar-refractivity contribution in [3.63, 3.8) is 0 Å². The van der Waals surface area contributed by atoms with Gasteiger partial charge in [-0.05, 0) is 75.6 Å². The SMILES string of the molecule is C=Cc1ccccc1OCN1CCN(C[C@@H](O)C[C@@H](Cc2ccccc2)C(N)=O)CC1.CC(C)(C)NC=O.c1ccc2c(c1)CCC2. The van der Waals surface area contributed by atoms with E-state index in [1.165, 1.54) is 19.3 Å². The van der Waals surface area contributed by atoms with Gasteiger partial charge in [-0.1, -0.05) is 85.5 Å². The summed E-state index contributed by atoms with van der Waals surface area (Å²) >= 11 is 0. The molecule has 0 spiro atoms. The van der Waals surface area contributed by atoms with Gasteiger partial charge in [-0.2, -0.15) is 0 Å². The van der Waals surface area contributed by atoms with Gasteiger partial charge in [0.1, 0.15) is 12.5 Å². The normalized spacial score (nSPS) is 15.8. The lowest BCUT2D eigenvalue weighted by molar-refractivity contribution is -0.123. The number of nitrogens with two attached hydrogens (primary N) is 1. The molecular formula is C39H54N4O4. The molecule has 3 aromatic rings. The van der Waals surface area contributed by atoms with Crippen molar-refractivity contribution in [2.24, 2.45) is 11.7 Å². The van der Waals surface area contributed by atoms with Gasteiger partial charge in [0, 0.05) is 49.7 Å². The summed E-state index contributed by atoms with van der Waals surface area (Å²) in [5.74, 6) is 0.118. The third kappa shape index (κ3) is 14.1. The zero-order valence-corrected chi connectivity index (χ0v) is 28.4. The van der Waals surface area contributed by atoms with Crippen LogP contribution in [0.1, 0.15) is 55.9 Å². The number of para-hydroxylation sites is 1. The molecule has 2 aliphatic rings. The van der Waals surface area contributed by atoms with Gasteiger partial charge >= 0.3 is 0 Å². The summed E-state index contributed by atoms with van der Waals surface area (Å²) in [5.41, 5.74) is 10.7. The number of primary amides is 1. The van der Waals surface area contributed by atoms with Crippen LogP contribution in [-0.4, -0.2) is 78.3 Å². The fourth-order valence-electron chi connectivity index (χ4n) is 5.63. The van der Waals surface area contributed by atoms with Crippen LogP contribution in [0.2, 0.25) is 0 Å². The number of hydrogen-bond donors (Lipinski definition) is 3. The van der Waals surface area contributed by atoms with Gasteiger partial charge in [0.05, 0.1) is 6.10 Å². The monoisotopic (exact) mass is 642 g/mol. The Balaban J connectivity index is 0.000000303. The van der Waals surface area contributed by atoms with Gasteiger partial charge in [-0.3, -0.25) is 19.4 Å². The number of rotatable bonds is 12. The Labute approximate surface area is 281 Å². The Morgan fingerprint density at radius 3 is 2.06 bits per heavy atom. The second-order valence-corrected chi connectivity index (χ2v) is 13.2. The van der Waals surface area contributed by atoms with Crippen molar-refractivity contribution >= 4 is 18.4 Å². The molecule has 0 bridgehead atoms. The molecule has 0 aromatic heterocycles. The van der Waals surface area contributed by atoms with Crippen LogP contribution in [0.5, 0.6) is 5.75 Å². The van der Waals surface area contributed by atoms with E-state index >= 15 is 0 Å². The Morgan fingerprint density at radius 2 is 1.51 bits per heavy atom. The minimum absolute atomic E-state index is 0.0677. The molecule has 0 saturated carbocycles. The standard InChI is InChI=1S/C25H33N3O3.C9H10.C5H11NO/c1-2-21-10-6-7-11-24(21)31-19-28-14-12-27(13-15-28)18-23(29)17-22(25(26)30)16-20-8-4-3-5-9-20;1-2-5-9-7-3-6-8(9)4-1;1-5(2,3)6-4-7/h2-11,22-23,29H,1,12-19H2,(H2,26,30);1-2,4-5H,3,6-7H2;4H,1-3H3,(H,6,7)/t22-,23+;;/m1../s1. The van der Waals surface area contributed by atoms with Crippen LogP contribution in [-0.2, 0) is 28.9 Å². The van der Waals surface area contributed by atoms with Crippen LogP contribution in [0.3, 0.4) is 0 Å². The van der Waals surface area contributed by atoms with Crippen molar-refractivity contribution in [3.8, 4) is 5.75 Å². The van der Waals surface area contributed by atoms with Crippen molar-refractivity contribution in [2.45, 2.75) is 64.5 Å². The molecule has 0 unspecified atom stereocenters. The minimum atomic E-state index is -0.580. The number of hydrogen-bond acceptors (Lipinski definition) is 6. The number of carbonyl (C=O) groups is 2. The number of amides is 2. The molecule has 1 saturated heterocycles. The van der Waals surface area contributed by atoms with Crippen LogP contribution in [0.25, 0.3) is 6.08 Å². The van der Waals surface area contributed by atoms with Crippen LogP contribution in [0.4, 0.5) is 0 Å². The maximum atomic E-state index is 11.9. The van der Waals surface area contributed by atoms with E-state index in [0.29, 0.717) is 32.5 Å². The van der Waals surface area contributed by atoms with Gasteiger partial charge in [0.25, 0.3) is 0 Å². The Kier molecular flexibility index (Phi) is 15.7. The number of β-amino-alcohol motifs (C(OH)–C–C–N with tert-alkyl or cyclic N) is 1. The summed E-state index contributed by atoms with van der Waals surface area (Å²) < 4.78 is 5.95. The predicted molar refractivity (Wildman–Crippen MR) is 191 cm³/mol.